The van der Waals surface area contributed by atoms with Crippen LogP contribution in [0.15, 0.2) is 28.1 Å². The van der Waals surface area contributed by atoms with Gasteiger partial charge in [-0.05, 0) is 45.9 Å². The maximum absolute atomic E-state index is 13.9. The number of rotatable bonds is 4. The Labute approximate surface area is 126 Å². The molecule has 19 heavy (non-hydrogen) atoms. The number of halogens is 4. The van der Waals surface area contributed by atoms with Crippen molar-refractivity contribution < 1.29 is 8.78 Å². The molecule has 0 fully saturated rings. The Kier molecular flexibility index (Phi) is 4.92. The maximum Gasteiger partial charge on any atom is 0.143 e. The maximum atomic E-state index is 13.9. The second-order valence-electron chi connectivity index (χ2n) is 3.88. The van der Waals surface area contributed by atoms with Crippen LogP contribution in [-0.4, -0.2) is 0 Å². The van der Waals surface area contributed by atoms with Gasteiger partial charge in [0.25, 0.3) is 0 Å². The number of hydrazine groups is 1. The average molecular weight is 368 g/mol. The minimum Gasteiger partial charge on any atom is -0.271 e. The lowest BCUT2D eigenvalue weighted by Crippen LogP contribution is -2.29. The van der Waals surface area contributed by atoms with Crippen LogP contribution in [0, 0.1) is 11.6 Å². The van der Waals surface area contributed by atoms with Crippen molar-refractivity contribution in [3.05, 3.63) is 55.1 Å². The standard InChI is InChI=1S/C12H10BrClF2N2S/c13-7-1-2-9(15)6(11(7)16)5-10(18-17)12-8(14)3-4-19-12/h1-4,10,18H,5,17H2. The van der Waals surface area contributed by atoms with E-state index in [9.17, 15) is 8.78 Å². The van der Waals surface area contributed by atoms with E-state index >= 15 is 0 Å². The molecule has 2 nitrogen and oxygen atoms in total. The molecule has 2 rings (SSSR count). The summed E-state index contributed by atoms with van der Waals surface area (Å²) in [6, 6.07) is 3.83. The van der Waals surface area contributed by atoms with E-state index in [1.54, 1.807) is 11.4 Å². The molecule has 1 atom stereocenters. The van der Waals surface area contributed by atoms with Gasteiger partial charge in [-0.1, -0.05) is 11.6 Å². The third-order valence-corrected chi connectivity index (χ3v) is 4.79. The molecule has 0 saturated carbocycles. The van der Waals surface area contributed by atoms with E-state index in [-0.39, 0.29) is 16.5 Å². The van der Waals surface area contributed by atoms with Gasteiger partial charge in [0.15, 0.2) is 0 Å². The van der Waals surface area contributed by atoms with Gasteiger partial charge in [0.1, 0.15) is 11.6 Å². The zero-order valence-electron chi connectivity index (χ0n) is 9.59. The van der Waals surface area contributed by atoms with Crippen LogP contribution in [-0.2, 0) is 6.42 Å². The molecule has 1 aromatic heterocycles. The summed E-state index contributed by atoms with van der Waals surface area (Å²) < 4.78 is 27.8. The van der Waals surface area contributed by atoms with Crippen LogP contribution in [0.2, 0.25) is 5.02 Å². The van der Waals surface area contributed by atoms with Gasteiger partial charge in [0, 0.05) is 10.4 Å². The van der Waals surface area contributed by atoms with E-state index in [0.29, 0.717) is 5.02 Å². The van der Waals surface area contributed by atoms with Gasteiger partial charge in [-0.2, -0.15) is 0 Å². The predicted octanol–water partition coefficient (Wildman–Crippen LogP) is 4.19. The Morgan fingerprint density at radius 2 is 2.11 bits per heavy atom. The monoisotopic (exact) mass is 366 g/mol. The van der Waals surface area contributed by atoms with Crippen molar-refractivity contribution in [1.82, 2.24) is 5.43 Å². The van der Waals surface area contributed by atoms with E-state index < -0.39 is 17.7 Å². The zero-order valence-corrected chi connectivity index (χ0v) is 12.7. The molecule has 0 radical (unpaired) electrons. The van der Waals surface area contributed by atoms with Crippen LogP contribution in [0.5, 0.6) is 0 Å². The van der Waals surface area contributed by atoms with Gasteiger partial charge in [-0.3, -0.25) is 11.3 Å². The highest BCUT2D eigenvalue weighted by molar-refractivity contribution is 9.10. The number of nitrogens with one attached hydrogen (secondary N) is 1. The van der Waals surface area contributed by atoms with E-state index in [1.165, 1.54) is 23.5 Å². The molecule has 3 N–H and O–H groups in total. The Balaban J connectivity index is 2.34. The van der Waals surface area contributed by atoms with Crippen molar-refractivity contribution in [1.29, 1.82) is 0 Å². The second-order valence-corrected chi connectivity index (χ2v) is 6.09. The van der Waals surface area contributed by atoms with E-state index in [0.717, 1.165) is 4.88 Å². The van der Waals surface area contributed by atoms with Gasteiger partial charge >= 0.3 is 0 Å². The van der Waals surface area contributed by atoms with Gasteiger partial charge in [-0.15, -0.1) is 11.3 Å². The van der Waals surface area contributed by atoms with Crippen molar-refractivity contribution in [2.45, 2.75) is 12.5 Å². The SMILES string of the molecule is NNC(Cc1c(F)ccc(Br)c1F)c1sccc1Cl. The van der Waals surface area contributed by atoms with Crippen LogP contribution in [0.25, 0.3) is 0 Å². The summed E-state index contributed by atoms with van der Waals surface area (Å²) in [4.78, 5) is 0.753. The molecule has 0 amide bonds. The molecule has 0 aliphatic carbocycles. The van der Waals surface area contributed by atoms with E-state index in [2.05, 4.69) is 21.4 Å². The number of thiophene rings is 1. The van der Waals surface area contributed by atoms with Gasteiger partial charge < -0.3 is 0 Å². The van der Waals surface area contributed by atoms with Gasteiger partial charge in [-0.25, -0.2) is 8.78 Å². The Bertz CT molecular complexity index is 591. The summed E-state index contributed by atoms with van der Waals surface area (Å²) >= 11 is 10.4. The van der Waals surface area contributed by atoms with Crippen LogP contribution in [0.3, 0.4) is 0 Å². The molecule has 0 spiro atoms. The van der Waals surface area contributed by atoms with Crippen molar-refractivity contribution in [3.63, 3.8) is 0 Å². The molecule has 0 aliphatic rings. The Morgan fingerprint density at radius 1 is 1.37 bits per heavy atom. The van der Waals surface area contributed by atoms with Gasteiger partial charge in [0.05, 0.1) is 15.5 Å². The highest BCUT2D eigenvalue weighted by Crippen LogP contribution is 2.32. The van der Waals surface area contributed by atoms with E-state index in [1.807, 2.05) is 0 Å². The molecule has 102 valence electrons. The summed E-state index contributed by atoms with van der Waals surface area (Å²) in [6.45, 7) is 0. The summed E-state index contributed by atoms with van der Waals surface area (Å²) in [5.74, 6) is 4.24. The van der Waals surface area contributed by atoms with Crippen LogP contribution in [0.1, 0.15) is 16.5 Å². The fraction of sp³-hybridized carbons (Fsp3) is 0.167. The van der Waals surface area contributed by atoms with Crippen molar-refractivity contribution >= 4 is 38.9 Å². The molecular weight excluding hydrogens is 358 g/mol. The van der Waals surface area contributed by atoms with Gasteiger partial charge in [0.2, 0.25) is 0 Å². The third-order valence-electron chi connectivity index (χ3n) is 2.71. The minimum absolute atomic E-state index is 0.0261. The minimum atomic E-state index is -0.618. The topological polar surface area (TPSA) is 38.0 Å². The molecule has 1 heterocycles. The molecule has 7 heteroatoms. The summed E-state index contributed by atoms with van der Waals surface area (Å²) in [5, 5.41) is 2.33. The smallest absolute Gasteiger partial charge is 0.143 e. The first-order chi connectivity index (χ1) is 9.04. The lowest BCUT2D eigenvalue weighted by molar-refractivity contribution is 0.502. The highest BCUT2D eigenvalue weighted by atomic mass is 79.9. The zero-order chi connectivity index (χ0) is 14.0. The summed E-state index contributed by atoms with van der Waals surface area (Å²) in [7, 11) is 0. The number of benzene rings is 1. The Morgan fingerprint density at radius 3 is 2.68 bits per heavy atom. The quantitative estimate of drug-likeness (QED) is 0.483. The second kappa shape index (κ2) is 6.28. The summed E-state index contributed by atoms with van der Waals surface area (Å²) in [6.07, 6.45) is 0.0772. The molecule has 0 saturated heterocycles. The molecule has 0 aliphatic heterocycles. The fourth-order valence-corrected chi connectivity index (χ4v) is 3.36. The first-order valence-electron chi connectivity index (χ1n) is 5.36. The lowest BCUT2D eigenvalue weighted by atomic mass is 10.0. The van der Waals surface area contributed by atoms with Crippen molar-refractivity contribution in [3.8, 4) is 0 Å². The first-order valence-corrected chi connectivity index (χ1v) is 7.41. The van der Waals surface area contributed by atoms with Crippen molar-refractivity contribution in [2.75, 3.05) is 0 Å². The number of hydrogen-bond donors (Lipinski definition) is 2. The number of nitrogens with two attached hydrogens (primary N) is 1. The summed E-state index contributed by atoms with van der Waals surface area (Å²) in [5.41, 5.74) is 2.52. The largest absolute Gasteiger partial charge is 0.271 e. The molecule has 0 bridgehead atoms. The molecular formula is C12H10BrClF2N2S. The van der Waals surface area contributed by atoms with Crippen LogP contribution < -0.4 is 11.3 Å². The lowest BCUT2D eigenvalue weighted by Gasteiger charge is -2.16. The normalized spacial score (nSPS) is 12.7. The highest BCUT2D eigenvalue weighted by Gasteiger charge is 2.20. The average Bonchev–Trinajstić information content (AvgIpc) is 2.81. The van der Waals surface area contributed by atoms with E-state index in [4.69, 9.17) is 17.4 Å². The molecule has 2 aromatic rings. The van der Waals surface area contributed by atoms with Crippen molar-refractivity contribution in [2.24, 2.45) is 5.84 Å². The van der Waals surface area contributed by atoms with Crippen LogP contribution >= 0.6 is 38.9 Å². The first kappa shape index (κ1) is 14.9. The Hall–Kier alpha value is -0.530. The number of hydrogen-bond acceptors (Lipinski definition) is 3. The third kappa shape index (κ3) is 3.14. The molecule has 1 aromatic carbocycles. The van der Waals surface area contributed by atoms with Crippen LogP contribution in [0.4, 0.5) is 8.78 Å². The molecule has 1 unspecified atom stereocenters. The predicted molar refractivity (Wildman–Crippen MR) is 77.2 cm³/mol. The fourth-order valence-electron chi connectivity index (χ4n) is 1.74.